The Labute approximate surface area is 89.9 Å². The molecule has 0 unspecified atom stereocenters. The summed E-state index contributed by atoms with van der Waals surface area (Å²) in [7, 11) is 0. The number of nitrogens with one attached hydrogen (secondary N) is 1. The number of aromatic amines is 1. The Morgan fingerprint density at radius 1 is 1.13 bits per heavy atom. The summed E-state index contributed by atoms with van der Waals surface area (Å²) in [6.07, 6.45) is 0. The monoisotopic (exact) mass is 228 g/mol. The third-order valence-corrected chi connectivity index (χ3v) is 2.22. The lowest BCUT2D eigenvalue weighted by Crippen LogP contribution is -1.84. The lowest BCUT2D eigenvalue weighted by molar-refractivity contribution is 0.584. The number of hydrogen-bond donors (Lipinski definition) is 1. The van der Waals surface area contributed by atoms with Crippen molar-refractivity contribution >= 4 is 11.6 Å². The molecule has 2 aromatic rings. The molecule has 1 aromatic carbocycles. The van der Waals surface area contributed by atoms with Gasteiger partial charge in [0.1, 0.15) is 11.6 Å². The minimum absolute atomic E-state index is 0.283. The molecule has 1 aromatic heterocycles. The van der Waals surface area contributed by atoms with Crippen molar-refractivity contribution in [2.45, 2.75) is 5.88 Å². The van der Waals surface area contributed by atoms with Gasteiger partial charge in [-0.25, -0.2) is 8.78 Å². The molecule has 0 aliphatic carbocycles. The fraction of sp³-hybridized carbons (Fsp3) is 0.100. The molecule has 0 amide bonds. The van der Waals surface area contributed by atoms with Crippen LogP contribution >= 0.6 is 11.6 Å². The number of nitrogens with zero attached hydrogens (tertiary/aromatic N) is 1. The van der Waals surface area contributed by atoms with Crippen LogP contribution in [0.5, 0.6) is 0 Å². The Kier molecular flexibility index (Phi) is 2.68. The molecule has 1 heterocycles. The van der Waals surface area contributed by atoms with Gasteiger partial charge in [-0.2, -0.15) is 5.10 Å². The third-order valence-electron chi connectivity index (χ3n) is 1.93. The van der Waals surface area contributed by atoms with Crippen molar-refractivity contribution in [1.82, 2.24) is 10.2 Å². The highest BCUT2D eigenvalue weighted by Gasteiger charge is 2.06. The van der Waals surface area contributed by atoms with Crippen molar-refractivity contribution in [3.8, 4) is 11.3 Å². The molecule has 1 N–H and O–H groups in total. The average molecular weight is 229 g/mol. The van der Waals surface area contributed by atoms with Gasteiger partial charge in [0.2, 0.25) is 0 Å². The molecule has 2 rings (SSSR count). The van der Waals surface area contributed by atoms with Crippen LogP contribution in [0.3, 0.4) is 0 Å². The standard InChI is InChI=1S/C10H7ClF2N2/c11-5-9-4-10(15-14-9)6-1-7(12)3-8(13)2-6/h1-4H,5H2,(H,14,15). The van der Waals surface area contributed by atoms with E-state index in [9.17, 15) is 8.78 Å². The lowest BCUT2D eigenvalue weighted by Gasteiger charge is -1.96. The predicted octanol–water partition coefficient (Wildman–Crippen LogP) is 3.09. The van der Waals surface area contributed by atoms with Crippen LogP contribution in [-0.4, -0.2) is 10.2 Å². The first-order valence-corrected chi connectivity index (χ1v) is 4.79. The molecule has 0 aliphatic heterocycles. The second kappa shape index (κ2) is 3.98. The Bertz CT molecular complexity index is 462. The van der Waals surface area contributed by atoms with E-state index < -0.39 is 11.6 Å². The van der Waals surface area contributed by atoms with Crippen LogP contribution in [0, 0.1) is 11.6 Å². The van der Waals surface area contributed by atoms with Crippen LogP contribution in [0.1, 0.15) is 5.69 Å². The summed E-state index contributed by atoms with van der Waals surface area (Å²) in [6.45, 7) is 0. The summed E-state index contributed by atoms with van der Waals surface area (Å²) in [5, 5.41) is 6.56. The number of hydrogen-bond acceptors (Lipinski definition) is 1. The fourth-order valence-electron chi connectivity index (χ4n) is 1.28. The molecule has 78 valence electrons. The van der Waals surface area contributed by atoms with E-state index in [1.165, 1.54) is 12.1 Å². The molecule has 2 nitrogen and oxygen atoms in total. The minimum Gasteiger partial charge on any atom is -0.281 e. The van der Waals surface area contributed by atoms with Gasteiger partial charge in [0.15, 0.2) is 0 Å². The number of alkyl halides is 1. The average Bonchev–Trinajstić information content (AvgIpc) is 2.64. The highest BCUT2D eigenvalue weighted by molar-refractivity contribution is 6.16. The van der Waals surface area contributed by atoms with Crippen LogP contribution in [-0.2, 0) is 5.88 Å². The van der Waals surface area contributed by atoms with Crippen molar-refractivity contribution in [1.29, 1.82) is 0 Å². The number of halogens is 3. The molecule has 0 aliphatic rings. The molecule has 5 heteroatoms. The van der Waals surface area contributed by atoms with Crippen molar-refractivity contribution < 1.29 is 8.78 Å². The molecule has 0 spiro atoms. The maximum atomic E-state index is 12.9. The van der Waals surface area contributed by atoms with Crippen molar-refractivity contribution in [3.05, 3.63) is 41.6 Å². The van der Waals surface area contributed by atoms with Crippen molar-refractivity contribution in [2.75, 3.05) is 0 Å². The number of benzene rings is 1. The smallest absolute Gasteiger partial charge is 0.126 e. The van der Waals surface area contributed by atoms with Crippen molar-refractivity contribution in [2.24, 2.45) is 0 Å². The van der Waals surface area contributed by atoms with Crippen LogP contribution in [0.4, 0.5) is 8.78 Å². The maximum Gasteiger partial charge on any atom is 0.126 e. The zero-order valence-electron chi connectivity index (χ0n) is 7.60. The summed E-state index contributed by atoms with van der Waals surface area (Å²) >= 11 is 5.57. The SMILES string of the molecule is Fc1cc(F)cc(-c2cc(CCl)[nH]n2)c1. The number of rotatable bonds is 2. The van der Waals surface area contributed by atoms with Gasteiger partial charge in [0.05, 0.1) is 17.3 Å². The van der Waals surface area contributed by atoms with Crippen LogP contribution in [0.25, 0.3) is 11.3 Å². The second-order valence-corrected chi connectivity index (χ2v) is 3.34. The van der Waals surface area contributed by atoms with E-state index in [4.69, 9.17) is 11.6 Å². The normalized spacial score (nSPS) is 10.6. The van der Waals surface area contributed by atoms with Crippen LogP contribution in [0.2, 0.25) is 0 Å². The molecule has 0 radical (unpaired) electrons. The quantitative estimate of drug-likeness (QED) is 0.787. The first kappa shape index (κ1) is 10.1. The van der Waals surface area contributed by atoms with E-state index in [-0.39, 0.29) is 5.88 Å². The van der Waals surface area contributed by atoms with Gasteiger partial charge in [0, 0.05) is 11.6 Å². The lowest BCUT2D eigenvalue weighted by atomic mass is 10.1. The molecular formula is C10H7ClF2N2. The molecule has 15 heavy (non-hydrogen) atoms. The Morgan fingerprint density at radius 2 is 1.80 bits per heavy atom. The van der Waals surface area contributed by atoms with E-state index in [2.05, 4.69) is 10.2 Å². The summed E-state index contributed by atoms with van der Waals surface area (Å²) in [5.41, 5.74) is 1.57. The summed E-state index contributed by atoms with van der Waals surface area (Å²) < 4.78 is 25.8. The largest absolute Gasteiger partial charge is 0.281 e. The van der Waals surface area contributed by atoms with Crippen LogP contribution in [0.15, 0.2) is 24.3 Å². The summed E-state index contributed by atoms with van der Waals surface area (Å²) in [4.78, 5) is 0. The Balaban J connectivity index is 2.44. The van der Waals surface area contributed by atoms with E-state index in [0.29, 0.717) is 17.0 Å². The summed E-state index contributed by atoms with van der Waals surface area (Å²) in [6, 6.07) is 4.91. The van der Waals surface area contributed by atoms with Crippen molar-refractivity contribution in [3.63, 3.8) is 0 Å². The van der Waals surface area contributed by atoms with E-state index in [0.717, 1.165) is 6.07 Å². The molecule has 0 atom stereocenters. The van der Waals surface area contributed by atoms with Gasteiger partial charge in [-0.05, 0) is 18.2 Å². The summed E-state index contributed by atoms with van der Waals surface area (Å²) in [5.74, 6) is -0.967. The van der Waals surface area contributed by atoms with Gasteiger partial charge in [0.25, 0.3) is 0 Å². The van der Waals surface area contributed by atoms with Gasteiger partial charge in [-0.15, -0.1) is 11.6 Å². The Morgan fingerprint density at radius 3 is 2.33 bits per heavy atom. The fourth-order valence-corrected chi connectivity index (χ4v) is 1.42. The van der Waals surface area contributed by atoms with Gasteiger partial charge in [-0.1, -0.05) is 0 Å². The second-order valence-electron chi connectivity index (χ2n) is 3.07. The first-order chi connectivity index (χ1) is 7.19. The van der Waals surface area contributed by atoms with E-state index >= 15 is 0 Å². The number of H-pyrrole nitrogens is 1. The zero-order valence-corrected chi connectivity index (χ0v) is 8.35. The highest BCUT2D eigenvalue weighted by atomic mass is 35.5. The maximum absolute atomic E-state index is 12.9. The van der Waals surface area contributed by atoms with Gasteiger partial charge in [-0.3, -0.25) is 5.10 Å². The first-order valence-electron chi connectivity index (χ1n) is 4.26. The molecule has 0 saturated heterocycles. The molecular weight excluding hydrogens is 222 g/mol. The topological polar surface area (TPSA) is 28.7 Å². The molecule has 0 bridgehead atoms. The van der Waals surface area contributed by atoms with Gasteiger partial charge >= 0.3 is 0 Å². The van der Waals surface area contributed by atoms with Crippen LogP contribution < -0.4 is 0 Å². The third kappa shape index (κ3) is 2.15. The van der Waals surface area contributed by atoms with E-state index in [1.807, 2.05) is 0 Å². The highest BCUT2D eigenvalue weighted by Crippen LogP contribution is 2.20. The molecule has 0 saturated carbocycles. The predicted molar refractivity (Wildman–Crippen MR) is 53.5 cm³/mol. The zero-order chi connectivity index (χ0) is 10.8. The number of aromatic nitrogens is 2. The van der Waals surface area contributed by atoms with Gasteiger partial charge < -0.3 is 0 Å². The van der Waals surface area contributed by atoms with E-state index in [1.54, 1.807) is 6.07 Å². The Hall–Kier alpha value is -1.42. The molecule has 0 fully saturated rings. The minimum atomic E-state index is -0.625.